The molecule has 1 unspecified atom stereocenters. The highest BCUT2D eigenvalue weighted by molar-refractivity contribution is 5.76. The zero-order chi connectivity index (χ0) is 13.0. The average molecular weight is 251 g/mol. The summed E-state index contributed by atoms with van der Waals surface area (Å²) in [5.41, 5.74) is 0. The Labute approximate surface area is 108 Å². The van der Waals surface area contributed by atoms with Crippen LogP contribution < -0.4 is 10.6 Å². The molecule has 2 heterocycles. The second kappa shape index (κ2) is 6.02. The van der Waals surface area contributed by atoms with E-state index in [1.54, 1.807) is 6.26 Å². The quantitative estimate of drug-likeness (QED) is 0.777. The number of carbonyl (C=O) groups excluding carboxylic acids is 1. The van der Waals surface area contributed by atoms with Crippen molar-refractivity contribution in [3.63, 3.8) is 0 Å². The monoisotopic (exact) mass is 251 g/mol. The van der Waals surface area contributed by atoms with Gasteiger partial charge in [-0.25, -0.2) is 0 Å². The highest BCUT2D eigenvalue weighted by Gasteiger charge is 2.22. The summed E-state index contributed by atoms with van der Waals surface area (Å²) < 4.78 is 5.40. The van der Waals surface area contributed by atoms with Crippen molar-refractivity contribution < 1.29 is 9.21 Å². The van der Waals surface area contributed by atoms with Crippen molar-refractivity contribution >= 4 is 5.91 Å². The lowest BCUT2D eigenvalue weighted by molar-refractivity contribution is -0.122. The zero-order valence-corrected chi connectivity index (χ0v) is 11.0. The lowest BCUT2D eigenvalue weighted by Crippen LogP contribution is -2.45. The molecule has 0 bridgehead atoms. The molecule has 0 radical (unpaired) electrons. The Balaban J connectivity index is 1.80. The number of furan rings is 1. The summed E-state index contributed by atoms with van der Waals surface area (Å²) in [6.07, 6.45) is 2.28. The maximum atomic E-state index is 11.8. The van der Waals surface area contributed by atoms with Crippen LogP contribution in [0.4, 0.5) is 0 Å². The van der Waals surface area contributed by atoms with Gasteiger partial charge >= 0.3 is 0 Å². The minimum atomic E-state index is 0.0865. The minimum Gasteiger partial charge on any atom is -0.468 e. The summed E-state index contributed by atoms with van der Waals surface area (Å²) in [5.74, 6) is 1.51. The van der Waals surface area contributed by atoms with Crippen molar-refractivity contribution in [1.29, 1.82) is 0 Å². The predicted octanol–water partition coefficient (Wildman–Crippen LogP) is 0.608. The van der Waals surface area contributed by atoms with Crippen LogP contribution in [-0.2, 0) is 4.79 Å². The van der Waals surface area contributed by atoms with Crippen LogP contribution in [0.15, 0.2) is 22.8 Å². The fourth-order valence-electron chi connectivity index (χ4n) is 2.06. The van der Waals surface area contributed by atoms with Gasteiger partial charge in [0.05, 0.1) is 12.3 Å². The number of carbonyl (C=O) groups is 1. The Morgan fingerprint density at radius 3 is 2.89 bits per heavy atom. The van der Waals surface area contributed by atoms with Crippen LogP contribution in [0.1, 0.15) is 18.2 Å². The molecule has 2 rings (SSSR count). The van der Waals surface area contributed by atoms with Gasteiger partial charge < -0.3 is 15.1 Å². The number of hydrogen-bond acceptors (Lipinski definition) is 4. The van der Waals surface area contributed by atoms with E-state index in [4.69, 9.17) is 4.42 Å². The molecule has 0 saturated carbocycles. The third-order valence-corrected chi connectivity index (χ3v) is 3.33. The predicted molar refractivity (Wildman–Crippen MR) is 69.1 cm³/mol. The third-order valence-electron chi connectivity index (χ3n) is 3.33. The van der Waals surface area contributed by atoms with E-state index < -0.39 is 0 Å². The van der Waals surface area contributed by atoms with Gasteiger partial charge in [0, 0.05) is 13.0 Å². The number of likely N-dealkylation sites (N-methyl/N-ethyl adjacent to an activating group) is 1. The van der Waals surface area contributed by atoms with Crippen LogP contribution in [0.25, 0.3) is 0 Å². The molecule has 1 saturated heterocycles. The maximum absolute atomic E-state index is 11.8. The lowest BCUT2D eigenvalue weighted by Gasteiger charge is -2.27. The lowest BCUT2D eigenvalue weighted by atomic mass is 9.99. The molecule has 1 aliphatic heterocycles. The zero-order valence-electron chi connectivity index (χ0n) is 11.0. The van der Waals surface area contributed by atoms with Crippen LogP contribution in [0, 0.1) is 5.92 Å². The molecule has 1 amide bonds. The van der Waals surface area contributed by atoms with Crippen LogP contribution in [0.3, 0.4) is 0 Å². The van der Waals surface area contributed by atoms with Gasteiger partial charge in [-0.2, -0.15) is 0 Å². The Morgan fingerprint density at radius 2 is 2.39 bits per heavy atom. The average Bonchev–Trinajstić information content (AvgIpc) is 2.77. The molecule has 100 valence electrons. The Bertz CT molecular complexity index is 372. The van der Waals surface area contributed by atoms with Gasteiger partial charge in [-0.05, 0) is 45.2 Å². The molecule has 5 nitrogen and oxygen atoms in total. The second-order valence-corrected chi connectivity index (χ2v) is 5.03. The molecule has 1 aliphatic rings. The second-order valence-electron chi connectivity index (χ2n) is 5.03. The first kappa shape index (κ1) is 13.1. The number of hydrogen-bond donors (Lipinski definition) is 2. The number of nitrogens with zero attached hydrogens (tertiary/aromatic N) is 1. The van der Waals surface area contributed by atoms with Crippen molar-refractivity contribution in [1.82, 2.24) is 15.5 Å². The molecule has 2 N–H and O–H groups in total. The smallest absolute Gasteiger partial charge is 0.220 e. The first-order valence-corrected chi connectivity index (χ1v) is 6.34. The summed E-state index contributed by atoms with van der Waals surface area (Å²) in [7, 11) is 3.96. The summed E-state index contributed by atoms with van der Waals surface area (Å²) in [6, 6.07) is 3.89. The Kier molecular flexibility index (Phi) is 4.38. The highest BCUT2D eigenvalue weighted by atomic mass is 16.3. The topological polar surface area (TPSA) is 57.5 Å². The van der Waals surface area contributed by atoms with Gasteiger partial charge in [0.15, 0.2) is 0 Å². The first-order chi connectivity index (χ1) is 8.66. The summed E-state index contributed by atoms with van der Waals surface area (Å²) in [4.78, 5) is 13.8. The van der Waals surface area contributed by atoms with E-state index in [1.807, 2.05) is 31.1 Å². The molecular formula is C13H21N3O2. The van der Waals surface area contributed by atoms with Crippen molar-refractivity contribution in [2.24, 2.45) is 5.92 Å². The van der Waals surface area contributed by atoms with Gasteiger partial charge in [-0.1, -0.05) is 0 Å². The van der Waals surface area contributed by atoms with E-state index in [-0.39, 0.29) is 11.9 Å². The van der Waals surface area contributed by atoms with E-state index in [9.17, 15) is 4.79 Å². The van der Waals surface area contributed by atoms with Crippen molar-refractivity contribution in [3.05, 3.63) is 24.2 Å². The van der Waals surface area contributed by atoms with Gasteiger partial charge in [-0.15, -0.1) is 0 Å². The minimum absolute atomic E-state index is 0.0865. The van der Waals surface area contributed by atoms with E-state index >= 15 is 0 Å². The molecule has 1 fully saturated rings. The van der Waals surface area contributed by atoms with Gasteiger partial charge in [0.25, 0.3) is 0 Å². The number of nitrogens with one attached hydrogen (secondary N) is 2. The van der Waals surface area contributed by atoms with Crippen molar-refractivity contribution in [2.75, 3.05) is 33.7 Å². The summed E-state index contributed by atoms with van der Waals surface area (Å²) in [6.45, 7) is 2.50. The molecule has 18 heavy (non-hydrogen) atoms. The molecular weight excluding hydrogens is 230 g/mol. The number of rotatable bonds is 6. The van der Waals surface area contributed by atoms with E-state index in [0.29, 0.717) is 18.9 Å². The molecule has 1 aromatic heterocycles. The van der Waals surface area contributed by atoms with E-state index in [0.717, 1.165) is 18.8 Å². The van der Waals surface area contributed by atoms with E-state index in [2.05, 4.69) is 10.6 Å². The number of amides is 1. The molecule has 1 aromatic rings. The standard InChI is InChI=1S/C13H21N3O2/c1-16(2)11(12-4-3-5-18-12)9-15-13(17)6-10-7-14-8-10/h3-5,10-11,14H,6-9H2,1-2H3,(H,15,17). The van der Waals surface area contributed by atoms with Crippen LogP contribution in [0.5, 0.6) is 0 Å². The van der Waals surface area contributed by atoms with Crippen molar-refractivity contribution in [2.45, 2.75) is 12.5 Å². The van der Waals surface area contributed by atoms with Crippen LogP contribution in [0.2, 0.25) is 0 Å². The van der Waals surface area contributed by atoms with Gasteiger partial charge in [-0.3, -0.25) is 9.69 Å². The molecule has 0 spiro atoms. The fraction of sp³-hybridized carbons (Fsp3) is 0.615. The molecule has 5 heteroatoms. The van der Waals surface area contributed by atoms with Crippen molar-refractivity contribution in [3.8, 4) is 0 Å². The van der Waals surface area contributed by atoms with E-state index in [1.165, 1.54) is 0 Å². The van der Waals surface area contributed by atoms with Crippen LogP contribution >= 0.6 is 0 Å². The summed E-state index contributed by atoms with van der Waals surface area (Å²) >= 11 is 0. The third kappa shape index (κ3) is 3.34. The fourth-order valence-corrected chi connectivity index (χ4v) is 2.06. The Hall–Kier alpha value is -1.33. The Morgan fingerprint density at radius 1 is 1.61 bits per heavy atom. The molecule has 0 aromatic carbocycles. The highest BCUT2D eigenvalue weighted by Crippen LogP contribution is 2.17. The largest absolute Gasteiger partial charge is 0.468 e. The maximum Gasteiger partial charge on any atom is 0.220 e. The van der Waals surface area contributed by atoms with Gasteiger partial charge in [0.1, 0.15) is 5.76 Å². The normalized spacial score (nSPS) is 17.5. The van der Waals surface area contributed by atoms with Gasteiger partial charge in [0.2, 0.25) is 5.91 Å². The summed E-state index contributed by atoms with van der Waals surface area (Å²) in [5, 5.41) is 6.15. The molecule has 0 aliphatic carbocycles. The SMILES string of the molecule is CN(C)C(CNC(=O)CC1CNC1)c1ccco1. The van der Waals surface area contributed by atoms with Crippen LogP contribution in [-0.4, -0.2) is 44.5 Å². The first-order valence-electron chi connectivity index (χ1n) is 6.34. The molecule has 1 atom stereocenters.